The van der Waals surface area contributed by atoms with Crippen molar-refractivity contribution in [3.63, 3.8) is 0 Å². The van der Waals surface area contributed by atoms with Gasteiger partial charge in [-0.05, 0) is 38.5 Å². The highest BCUT2D eigenvalue weighted by Crippen LogP contribution is 2.33. The third-order valence-corrected chi connectivity index (χ3v) is 5.38. The van der Waals surface area contributed by atoms with Gasteiger partial charge in [-0.3, -0.25) is 19.7 Å². The van der Waals surface area contributed by atoms with Crippen molar-refractivity contribution in [2.75, 3.05) is 19.8 Å². The first-order valence-electron chi connectivity index (χ1n) is 10.2. The number of rotatable bonds is 7. The van der Waals surface area contributed by atoms with E-state index >= 15 is 0 Å². The fraction of sp³-hybridized carbons (Fsp3) is 0.364. The molecule has 4 rings (SSSR count). The predicted molar refractivity (Wildman–Crippen MR) is 111 cm³/mol. The summed E-state index contributed by atoms with van der Waals surface area (Å²) in [5.74, 6) is -0.101. The zero-order valence-electron chi connectivity index (χ0n) is 17.7. The van der Waals surface area contributed by atoms with Gasteiger partial charge in [0.15, 0.2) is 18.1 Å². The highest BCUT2D eigenvalue weighted by molar-refractivity contribution is 6.04. The maximum absolute atomic E-state index is 12.7. The molecule has 10 heteroatoms. The second-order valence-corrected chi connectivity index (χ2v) is 7.59. The number of benzene rings is 1. The molecule has 1 unspecified atom stereocenters. The molecule has 2 N–H and O–H groups in total. The number of fused-ring (bicyclic) bond motifs is 1. The number of nitrogens with one attached hydrogen (secondary N) is 2. The molecular formula is C22H23N3O7. The van der Waals surface area contributed by atoms with Crippen LogP contribution in [0.1, 0.15) is 34.6 Å². The smallest absolute Gasteiger partial charge is 0.322 e. The first kappa shape index (κ1) is 21.4. The summed E-state index contributed by atoms with van der Waals surface area (Å²) in [6, 6.07) is 5.98. The normalized spacial score (nSPS) is 17.0. The summed E-state index contributed by atoms with van der Waals surface area (Å²) in [5, 5.41) is 4.50. The van der Waals surface area contributed by atoms with Gasteiger partial charge < -0.3 is 24.1 Å². The highest BCUT2D eigenvalue weighted by atomic mass is 16.6. The number of urea groups is 1. The summed E-state index contributed by atoms with van der Waals surface area (Å²) >= 11 is 0. The molecule has 0 bridgehead atoms. The molecule has 10 nitrogen and oxygen atoms in total. The second-order valence-electron chi connectivity index (χ2n) is 7.59. The van der Waals surface area contributed by atoms with Crippen LogP contribution in [0.2, 0.25) is 0 Å². The third kappa shape index (κ3) is 4.29. The lowest BCUT2D eigenvalue weighted by Crippen LogP contribution is -2.29. The largest absolute Gasteiger partial charge is 0.486 e. The molecular weight excluding hydrogens is 418 g/mol. The van der Waals surface area contributed by atoms with Crippen LogP contribution in [0.5, 0.6) is 11.5 Å². The summed E-state index contributed by atoms with van der Waals surface area (Å²) in [6.07, 6.45) is 0.00505. The summed E-state index contributed by atoms with van der Waals surface area (Å²) in [7, 11) is 0. The van der Waals surface area contributed by atoms with Crippen molar-refractivity contribution in [2.45, 2.75) is 32.7 Å². The zero-order chi connectivity index (χ0) is 22.8. The Kier molecular flexibility index (Phi) is 5.85. The number of hydrogen-bond donors (Lipinski definition) is 2. The number of imide groups is 1. The lowest BCUT2D eigenvalue weighted by Gasteiger charge is -2.20. The number of amides is 3. The molecule has 168 valence electrons. The Morgan fingerprint density at radius 2 is 1.88 bits per heavy atom. The molecule has 2 aliphatic rings. The second kappa shape index (κ2) is 8.74. The van der Waals surface area contributed by atoms with Crippen LogP contribution in [0, 0.1) is 13.8 Å². The topological polar surface area (TPSA) is 125 Å². The Morgan fingerprint density at radius 1 is 1.12 bits per heavy atom. The number of carbonyl (C=O) groups is 4. The van der Waals surface area contributed by atoms with Crippen molar-refractivity contribution >= 4 is 23.7 Å². The fourth-order valence-electron chi connectivity index (χ4n) is 3.83. The predicted octanol–water partition coefficient (Wildman–Crippen LogP) is 1.58. The number of esters is 1. The van der Waals surface area contributed by atoms with E-state index in [1.165, 1.54) is 0 Å². The maximum atomic E-state index is 12.7. The van der Waals surface area contributed by atoms with E-state index < -0.39 is 30.6 Å². The summed E-state index contributed by atoms with van der Waals surface area (Å²) in [5.41, 5.74) is 2.84. The van der Waals surface area contributed by atoms with Crippen LogP contribution in [-0.2, 0) is 14.3 Å². The van der Waals surface area contributed by atoms with Crippen molar-refractivity contribution in [2.24, 2.45) is 0 Å². The Labute approximate surface area is 183 Å². The average molecular weight is 441 g/mol. The minimum atomic E-state index is -0.768. The number of hydrogen-bond acceptors (Lipinski definition) is 7. The lowest BCUT2D eigenvalue weighted by atomic mass is 10.1. The minimum absolute atomic E-state index is 0.0954. The SMILES string of the molecule is Cc1cc(C(=O)COC(=O)CCC2NC(=O)NC2=O)c(C)n1-c1ccc2c(c1)OCCO2. The average Bonchev–Trinajstić information content (AvgIpc) is 3.26. The van der Waals surface area contributed by atoms with Crippen LogP contribution in [0.15, 0.2) is 24.3 Å². The summed E-state index contributed by atoms with van der Waals surface area (Å²) in [6.45, 7) is 4.28. The van der Waals surface area contributed by atoms with Crippen molar-refractivity contribution in [3.05, 3.63) is 41.2 Å². The maximum Gasteiger partial charge on any atom is 0.322 e. The molecule has 1 atom stereocenters. The van der Waals surface area contributed by atoms with Crippen molar-refractivity contribution in [1.82, 2.24) is 15.2 Å². The van der Waals surface area contributed by atoms with Gasteiger partial charge in [0.1, 0.15) is 19.3 Å². The van der Waals surface area contributed by atoms with E-state index in [-0.39, 0.29) is 18.6 Å². The number of nitrogens with zero attached hydrogens (tertiary/aromatic N) is 1. The molecule has 0 radical (unpaired) electrons. The van der Waals surface area contributed by atoms with Gasteiger partial charge in [-0.2, -0.15) is 0 Å². The van der Waals surface area contributed by atoms with Crippen LogP contribution < -0.4 is 20.1 Å². The summed E-state index contributed by atoms with van der Waals surface area (Å²) < 4.78 is 18.2. The summed E-state index contributed by atoms with van der Waals surface area (Å²) in [4.78, 5) is 47.3. The Morgan fingerprint density at radius 3 is 2.59 bits per heavy atom. The van der Waals surface area contributed by atoms with Crippen LogP contribution >= 0.6 is 0 Å². The van der Waals surface area contributed by atoms with Gasteiger partial charge in [0.05, 0.1) is 0 Å². The third-order valence-electron chi connectivity index (χ3n) is 5.38. The van der Waals surface area contributed by atoms with Gasteiger partial charge in [0.25, 0.3) is 5.91 Å². The van der Waals surface area contributed by atoms with Crippen molar-refractivity contribution < 1.29 is 33.4 Å². The first-order valence-corrected chi connectivity index (χ1v) is 10.2. The molecule has 2 aliphatic heterocycles. The molecule has 3 amide bonds. The van der Waals surface area contributed by atoms with Crippen molar-refractivity contribution in [3.8, 4) is 17.2 Å². The number of aromatic nitrogens is 1. The minimum Gasteiger partial charge on any atom is -0.486 e. The molecule has 1 fully saturated rings. The Balaban J connectivity index is 1.39. The van der Waals surface area contributed by atoms with Crippen LogP contribution in [0.3, 0.4) is 0 Å². The molecule has 0 aliphatic carbocycles. The fourth-order valence-corrected chi connectivity index (χ4v) is 3.83. The van der Waals surface area contributed by atoms with Gasteiger partial charge in [-0.1, -0.05) is 0 Å². The Bertz CT molecular complexity index is 1110. The molecule has 1 saturated heterocycles. The van der Waals surface area contributed by atoms with Crippen LogP contribution in [-0.4, -0.2) is 54.1 Å². The van der Waals surface area contributed by atoms with Crippen LogP contribution in [0.4, 0.5) is 4.79 Å². The standard InChI is InChI=1S/C22H23N3O7/c1-12-9-15(13(2)25(12)14-3-5-18-19(10-14)31-8-7-30-18)17(26)11-32-20(27)6-4-16-21(28)24-22(29)23-16/h3,5,9-10,16H,4,6-8,11H2,1-2H3,(H2,23,24,28,29). The molecule has 1 aromatic heterocycles. The van der Waals surface area contributed by atoms with E-state index in [2.05, 4.69) is 10.6 Å². The molecule has 1 aromatic carbocycles. The van der Waals surface area contributed by atoms with Crippen LogP contribution in [0.25, 0.3) is 5.69 Å². The van der Waals surface area contributed by atoms with Gasteiger partial charge >= 0.3 is 12.0 Å². The van der Waals surface area contributed by atoms with Crippen molar-refractivity contribution in [1.29, 1.82) is 0 Å². The lowest BCUT2D eigenvalue weighted by molar-refractivity contribution is -0.142. The number of ether oxygens (including phenoxy) is 3. The van der Waals surface area contributed by atoms with E-state index in [1.54, 1.807) is 6.07 Å². The number of carbonyl (C=O) groups excluding carboxylic acids is 4. The number of aryl methyl sites for hydroxylation is 1. The molecule has 2 aromatic rings. The van der Waals surface area contributed by atoms with E-state index in [0.717, 1.165) is 11.4 Å². The molecule has 32 heavy (non-hydrogen) atoms. The van der Waals surface area contributed by atoms with E-state index in [0.29, 0.717) is 36.0 Å². The van der Waals surface area contributed by atoms with E-state index in [1.807, 2.05) is 36.6 Å². The van der Waals surface area contributed by atoms with E-state index in [4.69, 9.17) is 14.2 Å². The number of ketones is 1. The molecule has 0 saturated carbocycles. The first-order chi connectivity index (χ1) is 15.3. The Hall–Kier alpha value is -3.82. The van der Waals surface area contributed by atoms with Gasteiger partial charge in [0.2, 0.25) is 5.78 Å². The molecule has 3 heterocycles. The number of Topliss-reactive ketones (excluding diaryl/α,β-unsaturated/α-hetero) is 1. The quantitative estimate of drug-likeness (QED) is 0.380. The highest BCUT2D eigenvalue weighted by Gasteiger charge is 2.30. The van der Waals surface area contributed by atoms with Gasteiger partial charge in [-0.25, -0.2) is 4.79 Å². The molecule has 0 spiro atoms. The van der Waals surface area contributed by atoms with Gasteiger partial charge in [0, 0.05) is 35.1 Å². The van der Waals surface area contributed by atoms with E-state index in [9.17, 15) is 19.2 Å². The zero-order valence-corrected chi connectivity index (χ0v) is 17.7. The monoisotopic (exact) mass is 441 g/mol. The van der Waals surface area contributed by atoms with Gasteiger partial charge in [-0.15, -0.1) is 0 Å².